The number of furan rings is 1. The fraction of sp³-hybridized carbons (Fsp3) is 0.0833. The number of hydrogen-bond donors (Lipinski definition) is 1. The number of nitro groups is 1. The first kappa shape index (κ1) is 13.3. The van der Waals surface area contributed by atoms with Gasteiger partial charge in [0.05, 0.1) is 11.8 Å². The average Bonchev–Trinajstić information content (AvgIpc) is 2.83. The third-order valence-electron chi connectivity index (χ3n) is 2.37. The van der Waals surface area contributed by atoms with Crippen LogP contribution in [0.25, 0.3) is 0 Å². The molecule has 0 aliphatic rings. The normalized spacial score (nSPS) is 10.2. The van der Waals surface area contributed by atoms with Gasteiger partial charge < -0.3 is 9.73 Å². The number of nitrogens with zero attached hydrogens (tertiary/aromatic N) is 1. The van der Waals surface area contributed by atoms with Gasteiger partial charge in [0.2, 0.25) is 0 Å². The molecule has 1 aromatic heterocycles. The molecule has 19 heavy (non-hydrogen) atoms. The summed E-state index contributed by atoms with van der Waals surface area (Å²) in [6.45, 7) is 1.89. The Morgan fingerprint density at radius 2 is 2.11 bits per heavy atom. The van der Waals surface area contributed by atoms with Crippen molar-refractivity contribution in [1.29, 1.82) is 0 Å². The fourth-order valence-electron chi connectivity index (χ4n) is 1.47. The summed E-state index contributed by atoms with van der Waals surface area (Å²) in [5.74, 6) is -1.12. The Labute approximate surface area is 116 Å². The Morgan fingerprint density at radius 1 is 1.37 bits per heavy atom. The summed E-state index contributed by atoms with van der Waals surface area (Å²) in [6.07, 6.45) is 0. The maximum Gasteiger partial charge on any atom is 0.433 e. The highest BCUT2D eigenvalue weighted by atomic mass is 79.9. The van der Waals surface area contributed by atoms with Crippen LogP contribution in [0, 0.1) is 17.0 Å². The van der Waals surface area contributed by atoms with Crippen molar-refractivity contribution in [1.82, 2.24) is 0 Å². The van der Waals surface area contributed by atoms with E-state index in [0.29, 0.717) is 10.2 Å². The largest absolute Gasteiger partial charge is 0.433 e. The van der Waals surface area contributed by atoms with E-state index in [9.17, 15) is 14.9 Å². The van der Waals surface area contributed by atoms with Crippen LogP contribution in [0.1, 0.15) is 16.1 Å². The number of hydrogen-bond acceptors (Lipinski definition) is 4. The molecule has 0 radical (unpaired) electrons. The molecule has 2 aromatic rings. The maximum atomic E-state index is 11.9. The van der Waals surface area contributed by atoms with Crippen LogP contribution in [0.4, 0.5) is 11.6 Å². The van der Waals surface area contributed by atoms with Gasteiger partial charge in [0, 0.05) is 4.47 Å². The first-order chi connectivity index (χ1) is 8.97. The van der Waals surface area contributed by atoms with Crippen LogP contribution < -0.4 is 5.32 Å². The van der Waals surface area contributed by atoms with Crippen LogP contribution in [0.15, 0.2) is 39.2 Å². The third-order valence-corrected chi connectivity index (χ3v) is 3.06. The number of benzene rings is 1. The Hall–Kier alpha value is -2.15. The van der Waals surface area contributed by atoms with Gasteiger partial charge >= 0.3 is 5.88 Å². The number of rotatable bonds is 3. The average molecular weight is 325 g/mol. The molecule has 7 heteroatoms. The van der Waals surface area contributed by atoms with Crippen molar-refractivity contribution in [2.75, 3.05) is 5.32 Å². The minimum absolute atomic E-state index is 0.111. The number of amides is 1. The van der Waals surface area contributed by atoms with Crippen LogP contribution in [0.3, 0.4) is 0 Å². The van der Waals surface area contributed by atoms with Gasteiger partial charge in [-0.05, 0) is 46.6 Å². The molecule has 1 heterocycles. The van der Waals surface area contributed by atoms with E-state index < -0.39 is 16.7 Å². The topological polar surface area (TPSA) is 85.4 Å². The standard InChI is InChI=1S/C12H9BrN2O4/c1-7-2-3-8(13)9(6-7)14-12(16)10-4-5-11(19-10)15(17)18/h2-6H,1H3,(H,14,16). The Morgan fingerprint density at radius 3 is 2.74 bits per heavy atom. The second kappa shape index (κ2) is 5.23. The second-order valence-corrected chi connectivity index (χ2v) is 4.69. The van der Waals surface area contributed by atoms with Gasteiger partial charge in [-0.25, -0.2) is 0 Å². The predicted molar refractivity (Wildman–Crippen MR) is 72.2 cm³/mol. The summed E-state index contributed by atoms with van der Waals surface area (Å²) >= 11 is 3.31. The van der Waals surface area contributed by atoms with E-state index in [1.165, 1.54) is 6.07 Å². The second-order valence-electron chi connectivity index (χ2n) is 3.83. The fourth-order valence-corrected chi connectivity index (χ4v) is 1.81. The van der Waals surface area contributed by atoms with Crippen LogP contribution in [-0.2, 0) is 0 Å². The van der Waals surface area contributed by atoms with Crippen molar-refractivity contribution in [3.8, 4) is 0 Å². The lowest BCUT2D eigenvalue weighted by atomic mass is 10.2. The van der Waals surface area contributed by atoms with Crippen molar-refractivity contribution in [3.05, 3.63) is 56.2 Å². The van der Waals surface area contributed by atoms with Crippen molar-refractivity contribution >= 4 is 33.4 Å². The van der Waals surface area contributed by atoms with Crippen LogP contribution in [0.2, 0.25) is 0 Å². The molecule has 1 amide bonds. The van der Waals surface area contributed by atoms with E-state index in [2.05, 4.69) is 21.2 Å². The molecule has 2 rings (SSSR count). The van der Waals surface area contributed by atoms with Crippen molar-refractivity contribution in [3.63, 3.8) is 0 Å². The lowest BCUT2D eigenvalue weighted by molar-refractivity contribution is -0.402. The molecule has 0 bridgehead atoms. The molecule has 0 fully saturated rings. The van der Waals surface area contributed by atoms with E-state index in [-0.39, 0.29) is 5.76 Å². The molecule has 0 saturated heterocycles. The van der Waals surface area contributed by atoms with Crippen LogP contribution in [0.5, 0.6) is 0 Å². The molecule has 0 unspecified atom stereocenters. The minimum atomic E-state index is -0.695. The molecular formula is C12H9BrN2O4. The molecule has 0 atom stereocenters. The number of nitrogens with one attached hydrogen (secondary N) is 1. The van der Waals surface area contributed by atoms with Crippen LogP contribution in [-0.4, -0.2) is 10.8 Å². The zero-order valence-electron chi connectivity index (χ0n) is 9.84. The first-order valence-corrected chi connectivity index (χ1v) is 6.08. The molecule has 0 spiro atoms. The maximum absolute atomic E-state index is 11.9. The summed E-state index contributed by atoms with van der Waals surface area (Å²) in [4.78, 5) is 21.6. The van der Waals surface area contributed by atoms with E-state index in [0.717, 1.165) is 11.6 Å². The van der Waals surface area contributed by atoms with Gasteiger partial charge in [-0.2, -0.15) is 0 Å². The highest BCUT2D eigenvalue weighted by Crippen LogP contribution is 2.24. The molecule has 0 aliphatic carbocycles. The number of carbonyl (C=O) groups excluding carboxylic acids is 1. The number of carbonyl (C=O) groups is 1. The predicted octanol–water partition coefficient (Wildman–Crippen LogP) is 3.51. The van der Waals surface area contributed by atoms with E-state index in [1.807, 2.05) is 13.0 Å². The lowest BCUT2D eigenvalue weighted by Crippen LogP contribution is -2.11. The van der Waals surface area contributed by atoms with Gasteiger partial charge in [-0.15, -0.1) is 0 Å². The zero-order valence-corrected chi connectivity index (χ0v) is 11.4. The number of aryl methyl sites for hydroxylation is 1. The molecule has 0 saturated carbocycles. The van der Waals surface area contributed by atoms with Crippen molar-refractivity contribution in [2.24, 2.45) is 0 Å². The van der Waals surface area contributed by atoms with Gasteiger partial charge in [-0.3, -0.25) is 14.9 Å². The van der Waals surface area contributed by atoms with Crippen molar-refractivity contribution < 1.29 is 14.1 Å². The third kappa shape index (κ3) is 3.00. The summed E-state index contributed by atoms with van der Waals surface area (Å²) in [7, 11) is 0. The Kier molecular flexibility index (Phi) is 3.66. The van der Waals surface area contributed by atoms with Gasteiger partial charge in [0.25, 0.3) is 5.91 Å². The monoisotopic (exact) mass is 324 g/mol. The highest BCUT2D eigenvalue weighted by Gasteiger charge is 2.17. The van der Waals surface area contributed by atoms with Gasteiger partial charge in [0.15, 0.2) is 5.76 Å². The summed E-state index contributed by atoms with van der Waals surface area (Å²) in [6, 6.07) is 7.86. The zero-order chi connectivity index (χ0) is 14.0. The number of anilines is 1. The summed E-state index contributed by atoms with van der Waals surface area (Å²) in [5.41, 5.74) is 1.55. The van der Waals surface area contributed by atoms with Gasteiger partial charge in [0.1, 0.15) is 4.92 Å². The SMILES string of the molecule is Cc1ccc(Br)c(NC(=O)c2ccc([N+](=O)[O-])o2)c1. The van der Waals surface area contributed by atoms with Crippen LogP contribution >= 0.6 is 15.9 Å². The first-order valence-electron chi connectivity index (χ1n) is 5.29. The smallest absolute Gasteiger partial charge is 0.395 e. The van der Waals surface area contributed by atoms with Gasteiger partial charge in [-0.1, -0.05) is 6.07 Å². The molecular weight excluding hydrogens is 316 g/mol. The van der Waals surface area contributed by atoms with E-state index >= 15 is 0 Å². The molecule has 0 aliphatic heterocycles. The Balaban J connectivity index is 2.20. The summed E-state index contributed by atoms with van der Waals surface area (Å²) < 4.78 is 5.54. The van der Waals surface area contributed by atoms with E-state index in [1.54, 1.807) is 12.1 Å². The lowest BCUT2D eigenvalue weighted by Gasteiger charge is -2.06. The molecule has 1 N–H and O–H groups in total. The molecule has 1 aromatic carbocycles. The molecule has 6 nitrogen and oxygen atoms in total. The quantitative estimate of drug-likeness (QED) is 0.691. The summed E-state index contributed by atoms with van der Waals surface area (Å²) in [5, 5.41) is 13.1. The minimum Gasteiger partial charge on any atom is -0.395 e. The van der Waals surface area contributed by atoms with Crippen molar-refractivity contribution in [2.45, 2.75) is 6.92 Å². The Bertz CT molecular complexity index is 651. The number of halogens is 1. The molecule has 98 valence electrons. The van der Waals surface area contributed by atoms with E-state index in [4.69, 9.17) is 4.42 Å². The highest BCUT2D eigenvalue weighted by molar-refractivity contribution is 9.10.